The van der Waals surface area contributed by atoms with Gasteiger partial charge in [0.2, 0.25) is 0 Å². The van der Waals surface area contributed by atoms with Crippen molar-refractivity contribution in [3.8, 4) is 0 Å². The Balaban J connectivity index is 0. The maximum Gasteiger partial charge on any atom is -0.172 e. The first-order chi connectivity index (χ1) is 3.91. The van der Waals surface area contributed by atoms with Crippen molar-refractivity contribution in [1.82, 2.24) is 0 Å². The Bertz CT molecular complexity index is 78.0. The fourth-order valence-corrected chi connectivity index (χ4v) is 0.321. The molecule has 1 aromatic rings. The molecule has 0 heterocycles. The molecule has 1 rings (SSSR count). The van der Waals surface area contributed by atoms with Gasteiger partial charge < -0.3 is 7.43 Å². The zero-order valence-corrected chi connectivity index (χ0v) is 9.91. The summed E-state index contributed by atoms with van der Waals surface area (Å²) in [6.07, 6.45) is 0. The molecule has 0 unspecified atom stereocenters. The summed E-state index contributed by atoms with van der Waals surface area (Å²) in [4.78, 5) is 0. The van der Waals surface area contributed by atoms with Crippen molar-refractivity contribution >= 4 is 27.2 Å². The Labute approximate surface area is 77.7 Å². The van der Waals surface area contributed by atoms with Crippen LogP contribution in [0.5, 0.6) is 0 Å². The standard InChI is InChI=1S/C5H5.CH3.2BrH.Ru/c1-2-4-5-3-1;;;;/h1-5H;1H3;2*1H;/q2*-1;;;+4/p-2. The van der Waals surface area contributed by atoms with Crippen LogP contribution in [0, 0.1) is 7.43 Å². The molecular weight excluding hydrogens is 333 g/mol. The van der Waals surface area contributed by atoms with Crippen LogP contribution in [0.15, 0.2) is 30.3 Å². The van der Waals surface area contributed by atoms with Gasteiger partial charge in [0.25, 0.3) is 0 Å². The summed E-state index contributed by atoms with van der Waals surface area (Å²) in [6.45, 7) is 0. The molecule has 54 valence electrons. The molecule has 0 aliphatic carbocycles. The largest absolute Gasteiger partial charge is 0.358 e. The van der Waals surface area contributed by atoms with Crippen molar-refractivity contribution in [3.05, 3.63) is 37.8 Å². The van der Waals surface area contributed by atoms with Gasteiger partial charge in [-0.1, -0.05) is 0 Å². The van der Waals surface area contributed by atoms with Crippen LogP contribution in [0.1, 0.15) is 0 Å². The first kappa shape index (κ1) is 12.6. The summed E-state index contributed by atoms with van der Waals surface area (Å²) in [6, 6.07) is 10.0. The monoisotopic (exact) mass is 340 g/mol. The van der Waals surface area contributed by atoms with Crippen LogP contribution >= 0.6 is 27.2 Å². The van der Waals surface area contributed by atoms with E-state index in [2.05, 4.69) is 27.2 Å². The van der Waals surface area contributed by atoms with Crippen molar-refractivity contribution in [1.29, 1.82) is 0 Å². The molecule has 0 amide bonds. The van der Waals surface area contributed by atoms with Crippen molar-refractivity contribution in [2.75, 3.05) is 0 Å². The van der Waals surface area contributed by atoms with Crippen molar-refractivity contribution < 1.29 is 13.2 Å². The molecule has 0 N–H and O–H groups in total. The second-order valence-electron chi connectivity index (χ2n) is 1.01. The van der Waals surface area contributed by atoms with Crippen molar-refractivity contribution in [3.63, 3.8) is 0 Å². The van der Waals surface area contributed by atoms with Gasteiger partial charge in [-0.2, -0.15) is 18.2 Å². The molecule has 3 heteroatoms. The molecule has 0 atom stereocenters. The summed E-state index contributed by atoms with van der Waals surface area (Å²) in [5.74, 6) is 0. The van der Waals surface area contributed by atoms with Crippen LogP contribution in [0.4, 0.5) is 0 Å². The predicted octanol–water partition coefficient (Wildman–Crippen LogP) is 3.54. The molecule has 0 aliphatic rings. The second kappa shape index (κ2) is 11.7. The van der Waals surface area contributed by atoms with Gasteiger partial charge in [-0.05, 0) is 0 Å². The molecule has 1 aromatic carbocycles. The quantitative estimate of drug-likeness (QED) is 0.500. The topological polar surface area (TPSA) is 0 Å². The normalized spacial score (nSPS) is 6.44. The first-order valence-corrected chi connectivity index (χ1v) is 9.88. The molecule has 0 spiro atoms. The van der Waals surface area contributed by atoms with Crippen LogP contribution in [0.3, 0.4) is 0 Å². The van der Waals surface area contributed by atoms with Crippen LogP contribution in [0.25, 0.3) is 0 Å². The van der Waals surface area contributed by atoms with Gasteiger partial charge >= 0.3 is 40.5 Å². The van der Waals surface area contributed by atoms with E-state index in [9.17, 15) is 0 Å². The van der Waals surface area contributed by atoms with E-state index in [1.165, 1.54) is 0 Å². The zero-order valence-electron chi connectivity index (χ0n) is 5.00. The Morgan fingerprint density at radius 1 is 1.11 bits per heavy atom. The second-order valence-corrected chi connectivity index (χ2v) is 9.03. The fraction of sp³-hybridized carbons (Fsp3) is 0. The number of hydrogen-bond acceptors (Lipinski definition) is 0. The van der Waals surface area contributed by atoms with Gasteiger partial charge in [0.05, 0.1) is 0 Å². The molecule has 0 radical (unpaired) electrons. The van der Waals surface area contributed by atoms with E-state index in [0.29, 0.717) is 13.2 Å². The van der Waals surface area contributed by atoms with E-state index in [1.807, 2.05) is 30.3 Å². The number of halogens is 2. The number of hydrogen-bond donors (Lipinski definition) is 0. The maximum absolute atomic E-state index is 3.15. The molecule has 0 nitrogen and oxygen atoms in total. The third kappa shape index (κ3) is 12.2. The van der Waals surface area contributed by atoms with E-state index in [-0.39, 0.29) is 7.43 Å². The molecule has 0 aliphatic heterocycles. The maximum atomic E-state index is 3.15. The minimum atomic E-state index is 0. The third-order valence-electron chi connectivity index (χ3n) is 0.556. The molecule has 0 aromatic heterocycles. The molecule has 0 saturated carbocycles. The van der Waals surface area contributed by atoms with E-state index >= 15 is 0 Å². The summed E-state index contributed by atoms with van der Waals surface area (Å²) >= 11 is 6.64. The summed E-state index contributed by atoms with van der Waals surface area (Å²) in [7, 11) is 0. The molecule has 0 saturated heterocycles. The van der Waals surface area contributed by atoms with Gasteiger partial charge in [0.1, 0.15) is 0 Å². The molecular formula is C6H8Br2Ru. The van der Waals surface area contributed by atoms with Gasteiger partial charge in [-0.25, -0.2) is 12.1 Å². The SMILES string of the molecule is [Br][Ru+2][Br].[CH3-].c1cc[cH-]c1. The Morgan fingerprint density at radius 2 is 1.44 bits per heavy atom. The molecule has 0 bridgehead atoms. The van der Waals surface area contributed by atoms with E-state index in [0.717, 1.165) is 0 Å². The first-order valence-electron chi connectivity index (χ1n) is 1.93. The van der Waals surface area contributed by atoms with Gasteiger partial charge in [0, 0.05) is 0 Å². The van der Waals surface area contributed by atoms with Crippen LogP contribution in [-0.2, 0) is 13.2 Å². The van der Waals surface area contributed by atoms with Crippen molar-refractivity contribution in [2.45, 2.75) is 0 Å². The van der Waals surface area contributed by atoms with Crippen molar-refractivity contribution in [2.24, 2.45) is 0 Å². The van der Waals surface area contributed by atoms with E-state index < -0.39 is 0 Å². The Morgan fingerprint density at radius 3 is 1.56 bits per heavy atom. The summed E-state index contributed by atoms with van der Waals surface area (Å²) < 4.78 is 0. The van der Waals surface area contributed by atoms with Crippen LogP contribution < -0.4 is 0 Å². The van der Waals surface area contributed by atoms with E-state index in [4.69, 9.17) is 0 Å². The third-order valence-corrected chi connectivity index (χ3v) is 0.556. The average molecular weight is 341 g/mol. The van der Waals surface area contributed by atoms with Gasteiger partial charge in [-0.15, -0.1) is 0 Å². The Kier molecular flexibility index (Phi) is 16.4. The minimum Gasteiger partial charge on any atom is -0.358 e. The van der Waals surface area contributed by atoms with E-state index in [1.54, 1.807) is 0 Å². The fourth-order valence-electron chi connectivity index (χ4n) is 0.321. The minimum absolute atomic E-state index is 0. The van der Waals surface area contributed by atoms with Crippen LogP contribution in [0.2, 0.25) is 0 Å². The summed E-state index contributed by atoms with van der Waals surface area (Å²) in [5, 5.41) is 0. The number of rotatable bonds is 0. The van der Waals surface area contributed by atoms with Crippen LogP contribution in [-0.4, -0.2) is 0 Å². The van der Waals surface area contributed by atoms with Gasteiger partial charge in [0.15, 0.2) is 0 Å². The smallest absolute Gasteiger partial charge is 0.172 e. The zero-order chi connectivity index (χ0) is 6.24. The van der Waals surface area contributed by atoms with Gasteiger partial charge in [-0.3, -0.25) is 0 Å². The predicted molar refractivity (Wildman–Crippen MR) is 46.3 cm³/mol. The molecule has 0 fully saturated rings. The average Bonchev–Trinajstić information content (AvgIpc) is 2.17. The molecule has 9 heavy (non-hydrogen) atoms. The summed E-state index contributed by atoms with van der Waals surface area (Å²) in [5.41, 5.74) is 0. The Hall–Kier alpha value is 0.933.